The maximum atomic E-state index is 5.90. The van der Waals surface area contributed by atoms with Crippen LogP contribution in [0.4, 0.5) is 11.4 Å². The summed E-state index contributed by atoms with van der Waals surface area (Å²) in [5, 5.41) is 3.38. The predicted octanol–water partition coefficient (Wildman–Crippen LogP) is 5.07. The van der Waals surface area contributed by atoms with Gasteiger partial charge >= 0.3 is 0 Å². The fourth-order valence-electron chi connectivity index (χ4n) is 3.33. The van der Waals surface area contributed by atoms with Gasteiger partial charge in [0.2, 0.25) is 0 Å². The molecule has 1 saturated carbocycles. The summed E-state index contributed by atoms with van der Waals surface area (Å²) < 4.78 is 5.90. The van der Waals surface area contributed by atoms with Gasteiger partial charge in [-0.2, -0.15) is 0 Å². The molecule has 0 amide bonds. The number of nitrogens with zero attached hydrogens (tertiary/aromatic N) is 1. The molecule has 0 unspecified atom stereocenters. The van der Waals surface area contributed by atoms with E-state index in [0.717, 1.165) is 36.3 Å². The standard InChI is InChI=1S/C21H28N2O/c1-23(20-10-6-3-7-11-20)16-17-24-21-14-12-19(13-15-21)22-18-8-4-2-5-9-18/h2,4-5,8-9,12-15,20,22H,3,6-7,10-11,16-17H2,1H3. The van der Waals surface area contributed by atoms with Gasteiger partial charge in [-0.25, -0.2) is 0 Å². The van der Waals surface area contributed by atoms with Crippen molar-refractivity contribution in [1.82, 2.24) is 4.90 Å². The first-order valence-corrected chi connectivity index (χ1v) is 9.06. The Morgan fingerprint density at radius 1 is 0.917 bits per heavy atom. The zero-order valence-corrected chi connectivity index (χ0v) is 14.6. The van der Waals surface area contributed by atoms with Gasteiger partial charge in [0, 0.05) is 24.0 Å². The number of hydrogen-bond acceptors (Lipinski definition) is 3. The number of likely N-dealkylation sites (N-methyl/N-ethyl adjacent to an activating group) is 1. The Kier molecular flexibility index (Phi) is 6.13. The van der Waals surface area contributed by atoms with Crippen LogP contribution in [0.5, 0.6) is 5.75 Å². The second kappa shape index (κ2) is 8.74. The van der Waals surface area contributed by atoms with Gasteiger partial charge in [-0.05, 0) is 56.3 Å². The molecule has 0 aliphatic heterocycles. The number of nitrogens with one attached hydrogen (secondary N) is 1. The third kappa shape index (κ3) is 5.00. The Hall–Kier alpha value is -2.00. The molecule has 2 aromatic carbocycles. The predicted molar refractivity (Wildman–Crippen MR) is 101 cm³/mol. The van der Waals surface area contributed by atoms with Crippen LogP contribution in [0.3, 0.4) is 0 Å². The van der Waals surface area contributed by atoms with Gasteiger partial charge in [-0.1, -0.05) is 37.5 Å². The SMILES string of the molecule is CN(CCOc1ccc(Nc2ccccc2)cc1)C1CCCCC1. The lowest BCUT2D eigenvalue weighted by atomic mass is 9.94. The Morgan fingerprint density at radius 2 is 1.58 bits per heavy atom. The van der Waals surface area contributed by atoms with E-state index in [-0.39, 0.29) is 0 Å². The van der Waals surface area contributed by atoms with E-state index in [1.54, 1.807) is 0 Å². The highest BCUT2D eigenvalue weighted by Gasteiger charge is 2.17. The highest BCUT2D eigenvalue weighted by molar-refractivity contribution is 5.59. The molecule has 2 aromatic rings. The Morgan fingerprint density at radius 3 is 2.29 bits per heavy atom. The zero-order valence-electron chi connectivity index (χ0n) is 14.6. The molecule has 0 radical (unpaired) electrons. The molecule has 1 aliphatic carbocycles. The fraction of sp³-hybridized carbons (Fsp3) is 0.429. The highest BCUT2D eigenvalue weighted by Crippen LogP contribution is 2.22. The number of benzene rings is 2. The summed E-state index contributed by atoms with van der Waals surface area (Å²) in [5.41, 5.74) is 2.17. The Balaban J connectivity index is 1.42. The quantitative estimate of drug-likeness (QED) is 0.769. The van der Waals surface area contributed by atoms with Gasteiger partial charge in [0.05, 0.1) is 0 Å². The Labute approximate surface area is 145 Å². The van der Waals surface area contributed by atoms with Crippen LogP contribution in [-0.4, -0.2) is 31.1 Å². The number of ether oxygens (including phenoxy) is 1. The minimum absolute atomic E-state index is 0.748. The molecule has 0 aromatic heterocycles. The van der Waals surface area contributed by atoms with Crippen molar-refractivity contribution in [2.24, 2.45) is 0 Å². The molecule has 3 rings (SSSR count). The summed E-state index contributed by atoms with van der Waals surface area (Å²) in [6.45, 7) is 1.74. The van der Waals surface area contributed by atoms with Gasteiger partial charge in [-0.15, -0.1) is 0 Å². The van der Waals surface area contributed by atoms with Crippen LogP contribution in [0.1, 0.15) is 32.1 Å². The lowest BCUT2D eigenvalue weighted by molar-refractivity contribution is 0.160. The van der Waals surface area contributed by atoms with Crippen molar-refractivity contribution in [3.05, 3.63) is 54.6 Å². The number of anilines is 2. The van der Waals surface area contributed by atoms with Gasteiger partial charge < -0.3 is 15.0 Å². The van der Waals surface area contributed by atoms with Crippen molar-refractivity contribution in [2.45, 2.75) is 38.1 Å². The molecule has 1 fully saturated rings. The van der Waals surface area contributed by atoms with Crippen molar-refractivity contribution in [3.8, 4) is 5.75 Å². The van der Waals surface area contributed by atoms with E-state index in [4.69, 9.17) is 4.74 Å². The van der Waals surface area contributed by atoms with Crippen molar-refractivity contribution in [2.75, 3.05) is 25.5 Å². The number of rotatable bonds is 7. The third-order valence-electron chi connectivity index (χ3n) is 4.83. The molecule has 0 heterocycles. The summed E-state index contributed by atoms with van der Waals surface area (Å²) in [4.78, 5) is 2.46. The average Bonchev–Trinajstić information content (AvgIpc) is 2.65. The molecular weight excluding hydrogens is 296 g/mol. The van der Waals surface area contributed by atoms with Gasteiger partial charge in [-0.3, -0.25) is 0 Å². The van der Waals surface area contributed by atoms with Crippen LogP contribution in [-0.2, 0) is 0 Å². The monoisotopic (exact) mass is 324 g/mol. The van der Waals surface area contributed by atoms with Gasteiger partial charge in [0.1, 0.15) is 12.4 Å². The molecule has 1 aliphatic rings. The lowest BCUT2D eigenvalue weighted by Crippen LogP contribution is -2.36. The molecule has 0 bridgehead atoms. The van der Waals surface area contributed by atoms with Gasteiger partial charge in [0.15, 0.2) is 0 Å². The molecule has 24 heavy (non-hydrogen) atoms. The van der Waals surface area contributed by atoms with E-state index in [0.29, 0.717) is 0 Å². The second-order valence-corrected chi connectivity index (χ2v) is 6.64. The average molecular weight is 324 g/mol. The molecule has 0 saturated heterocycles. The molecule has 0 spiro atoms. The van der Waals surface area contributed by atoms with Crippen molar-refractivity contribution in [1.29, 1.82) is 0 Å². The largest absolute Gasteiger partial charge is 0.492 e. The van der Waals surface area contributed by atoms with E-state index < -0.39 is 0 Å². The topological polar surface area (TPSA) is 24.5 Å². The van der Waals surface area contributed by atoms with E-state index in [2.05, 4.69) is 41.5 Å². The van der Waals surface area contributed by atoms with E-state index >= 15 is 0 Å². The van der Waals surface area contributed by atoms with E-state index in [1.807, 2.05) is 30.3 Å². The van der Waals surface area contributed by atoms with Crippen molar-refractivity contribution < 1.29 is 4.74 Å². The van der Waals surface area contributed by atoms with Crippen LogP contribution in [0, 0.1) is 0 Å². The smallest absolute Gasteiger partial charge is 0.119 e. The highest BCUT2D eigenvalue weighted by atomic mass is 16.5. The molecule has 1 N–H and O–H groups in total. The normalized spacial score (nSPS) is 15.4. The summed E-state index contributed by atoms with van der Waals surface area (Å²) >= 11 is 0. The summed E-state index contributed by atoms with van der Waals surface area (Å²) in [5.74, 6) is 0.936. The van der Waals surface area contributed by atoms with Crippen LogP contribution < -0.4 is 10.1 Å². The first-order chi connectivity index (χ1) is 11.8. The van der Waals surface area contributed by atoms with Crippen LogP contribution in [0.2, 0.25) is 0 Å². The van der Waals surface area contributed by atoms with E-state index in [9.17, 15) is 0 Å². The molecular formula is C21H28N2O. The maximum Gasteiger partial charge on any atom is 0.119 e. The van der Waals surface area contributed by atoms with Gasteiger partial charge in [0.25, 0.3) is 0 Å². The fourth-order valence-corrected chi connectivity index (χ4v) is 3.33. The third-order valence-corrected chi connectivity index (χ3v) is 4.83. The van der Waals surface area contributed by atoms with Crippen LogP contribution in [0.15, 0.2) is 54.6 Å². The van der Waals surface area contributed by atoms with Crippen LogP contribution in [0.25, 0.3) is 0 Å². The zero-order chi connectivity index (χ0) is 16.6. The molecule has 3 nitrogen and oxygen atoms in total. The lowest BCUT2D eigenvalue weighted by Gasteiger charge is -2.31. The number of hydrogen-bond donors (Lipinski definition) is 1. The molecule has 128 valence electrons. The summed E-state index contributed by atoms with van der Waals surface area (Å²) in [6, 6.07) is 19.1. The second-order valence-electron chi connectivity index (χ2n) is 6.64. The Bertz CT molecular complexity index is 591. The molecule has 3 heteroatoms. The number of para-hydroxylation sites is 1. The first-order valence-electron chi connectivity index (χ1n) is 9.06. The molecule has 0 atom stereocenters. The summed E-state index contributed by atoms with van der Waals surface area (Å²) in [6.07, 6.45) is 6.86. The summed E-state index contributed by atoms with van der Waals surface area (Å²) in [7, 11) is 2.23. The minimum Gasteiger partial charge on any atom is -0.492 e. The maximum absolute atomic E-state index is 5.90. The first kappa shape index (κ1) is 16.8. The van der Waals surface area contributed by atoms with Crippen molar-refractivity contribution in [3.63, 3.8) is 0 Å². The van der Waals surface area contributed by atoms with Crippen molar-refractivity contribution >= 4 is 11.4 Å². The van der Waals surface area contributed by atoms with E-state index in [1.165, 1.54) is 32.1 Å². The van der Waals surface area contributed by atoms with Crippen LogP contribution >= 0.6 is 0 Å². The minimum atomic E-state index is 0.748.